The molecule has 1 atom stereocenters. The lowest BCUT2D eigenvalue weighted by Gasteiger charge is -2.32. The number of hydrogen-bond acceptors (Lipinski definition) is 3. The number of nitrogens with zero attached hydrogens (tertiary/aromatic N) is 2. The van der Waals surface area contributed by atoms with Crippen molar-refractivity contribution in [1.29, 1.82) is 0 Å². The largest absolute Gasteiger partial charge is 0.392 e. The van der Waals surface area contributed by atoms with E-state index in [4.69, 9.17) is 0 Å². The highest BCUT2D eigenvalue weighted by molar-refractivity contribution is 9.10. The first-order valence-electron chi connectivity index (χ1n) is 7.66. The van der Waals surface area contributed by atoms with Crippen molar-refractivity contribution in [2.45, 2.75) is 38.3 Å². The van der Waals surface area contributed by atoms with E-state index in [-0.39, 0.29) is 6.61 Å². The minimum absolute atomic E-state index is 0.119. The lowest BCUT2D eigenvalue weighted by molar-refractivity contribution is 0.175. The average Bonchev–Trinajstić information content (AvgIpc) is 2.98. The fourth-order valence-electron chi connectivity index (χ4n) is 3.51. The lowest BCUT2D eigenvalue weighted by atomic mass is 10.1. The van der Waals surface area contributed by atoms with Gasteiger partial charge in [0.2, 0.25) is 0 Å². The number of rotatable bonds is 3. The molecule has 1 N–H and O–H groups in total. The summed E-state index contributed by atoms with van der Waals surface area (Å²) >= 11 is 3.55. The van der Waals surface area contributed by atoms with Crippen LogP contribution in [0.15, 0.2) is 22.7 Å². The average molecular weight is 339 g/mol. The molecule has 1 aromatic rings. The molecule has 0 spiro atoms. The Morgan fingerprint density at radius 1 is 1.15 bits per heavy atom. The van der Waals surface area contributed by atoms with Crippen LogP contribution in [0.2, 0.25) is 0 Å². The van der Waals surface area contributed by atoms with Crippen molar-refractivity contribution in [1.82, 2.24) is 4.90 Å². The molecule has 0 aromatic heterocycles. The van der Waals surface area contributed by atoms with Gasteiger partial charge >= 0.3 is 0 Å². The second-order valence-electron chi connectivity index (χ2n) is 5.92. The van der Waals surface area contributed by atoms with Crippen molar-refractivity contribution in [3.05, 3.63) is 28.2 Å². The van der Waals surface area contributed by atoms with Gasteiger partial charge in [-0.05, 0) is 44.5 Å². The molecule has 2 heterocycles. The fourth-order valence-corrected chi connectivity index (χ4v) is 3.86. The van der Waals surface area contributed by atoms with Gasteiger partial charge in [-0.15, -0.1) is 0 Å². The summed E-state index contributed by atoms with van der Waals surface area (Å²) in [4.78, 5) is 5.11. The molecule has 1 aromatic carbocycles. The summed E-state index contributed by atoms with van der Waals surface area (Å²) < 4.78 is 1.09. The van der Waals surface area contributed by atoms with Gasteiger partial charge in [-0.1, -0.05) is 28.4 Å². The third-order valence-corrected chi connectivity index (χ3v) is 5.12. The van der Waals surface area contributed by atoms with Gasteiger partial charge in [0.25, 0.3) is 0 Å². The molecule has 0 amide bonds. The Morgan fingerprint density at radius 3 is 2.70 bits per heavy atom. The predicted octanol–water partition coefficient (Wildman–Crippen LogP) is 3.01. The molecule has 0 aliphatic carbocycles. The van der Waals surface area contributed by atoms with Crippen LogP contribution in [-0.4, -0.2) is 42.2 Å². The molecule has 2 aliphatic heterocycles. The van der Waals surface area contributed by atoms with Crippen molar-refractivity contribution < 1.29 is 5.11 Å². The van der Waals surface area contributed by atoms with Crippen LogP contribution in [0.5, 0.6) is 0 Å². The standard InChI is InChI=1S/C16H23BrN2O/c17-14-5-4-13(12-20)16(10-14)19-9-6-15(11-19)18-7-2-1-3-8-18/h4-5,10,15,20H,1-3,6-9,11-12H2. The van der Waals surface area contributed by atoms with Crippen LogP contribution in [-0.2, 0) is 6.61 Å². The first-order chi connectivity index (χ1) is 9.78. The van der Waals surface area contributed by atoms with Crippen molar-refractivity contribution in [3.63, 3.8) is 0 Å². The lowest BCUT2D eigenvalue weighted by Crippen LogP contribution is -2.40. The van der Waals surface area contributed by atoms with Crippen LogP contribution in [0.3, 0.4) is 0 Å². The van der Waals surface area contributed by atoms with Crippen LogP contribution in [0.4, 0.5) is 5.69 Å². The van der Waals surface area contributed by atoms with Gasteiger partial charge in [0.1, 0.15) is 0 Å². The number of halogens is 1. The summed E-state index contributed by atoms with van der Waals surface area (Å²) in [6, 6.07) is 6.87. The zero-order chi connectivity index (χ0) is 13.9. The maximum absolute atomic E-state index is 9.53. The summed E-state index contributed by atoms with van der Waals surface area (Å²) in [7, 11) is 0. The van der Waals surface area contributed by atoms with E-state index < -0.39 is 0 Å². The third-order valence-electron chi connectivity index (χ3n) is 4.63. The van der Waals surface area contributed by atoms with Crippen LogP contribution in [0.25, 0.3) is 0 Å². The Bertz CT molecular complexity index is 460. The van der Waals surface area contributed by atoms with E-state index in [1.165, 1.54) is 44.5 Å². The third kappa shape index (κ3) is 3.02. The van der Waals surface area contributed by atoms with Gasteiger partial charge < -0.3 is 10.0 Å². The molecule has 1 unspecified atom stereocenters. The molecule has 3 nitrogen and oxygen atoms in total. The number of aliphatic hydroxyl groups is 1. The molecule has 2 fully saturated rings. The van der Waals surface area contributed by atoms with Crippen molar-refractivity contribution in [2.24, 2.45) is 0 Å². The minimum atomic E-state index is 0.119. The van der Waals surface area contributed by atoms with Crippen LogP contribution in [0.1, 0.15) is 31.2 Å². The van der Waals surface area contributed by atoms with E-state index in [1.54, 1.807) is 0 Å². The number of anilines is 1. The Morgan fingerprint density at radius 2 is 1.95 bits per heavy atom. The molecule has 0 saturated carbocycles. The molecular weight excluding hydrogens is 316 g/mol. The zero-order valence-electron chi connectivity index (χ0n) is 11.9. The number of likely N-dealkylation sites (tertiary alicyclic amines) is 1. The van der Waals surface area contributed by atoms with E-state index in [1.807, 2.05) is 12.1 Å². The summed E-state index contributed by atoms with van der Waals surface area (Å²) in [6.07, 6.45) is 5.36. The summed E-state index contributed by atoms with van der Waals surface area (Å²) in [5, 5.41) is 9.53. The van der Waals surface area contributed by atoms with Crippen LogP contribution in [0, 0.1) is 0 Å². The van der Waals surface area contributed by atoms with Crippen molar-refractivity contribution in [3.8, 4) is 0 Å². The molecule has 3 rings (SSSR count). The highest BCUT2D eigenvalue weighted by Crippen LogP contribution is 2.30. The van der Waals surface area contributed by atoms with Gasteiger partial charge in [-0.2, -0.15) is 0 Å². The molecular formula is C16H23BrN2O. The van der Waals surface area contributed by atoms with Gasteiger partial charge in [0.15, 0.2) is 0 Å². The first-order valence-corrected chi connectivity index (χ1v) is 8.45. The van der Waals surface area contributed by atoms with Crippen molar-refractivity contribution >= 4 is 21.6 Å². The quantitative estimate of drug-likeness (QED) is 0.917. The second kappa shape index (κ2) is 6.46. The van der Waals surface area contributed by atoms with Gasteiger partial charge in [0.05, 0.1) is 6.61 Å². The highest BCUT2D eigenvalue weighted by atomic mass is 79.9. The normalized spacial score (nSPS) is 24.3. The molecule has 0 bridgehead atoms. The minimum Gasteiger partial charge on any atom is -0.392 e. The monoisotopic (exact) mass is 338 g/mol. The fraction of sp³-hybridized carbons (Fsp3) is 0.625. The van der Waals surface area contributed by atoms with E-state index in [9.17, 15) is 5.11 Å². The van der Waals surface area contributed by atoms with E-state index in [0.29, 0.717) is 6.04 Å². The van der Waals surface area contributed by atoms with E-state index in [0.717, 1.165) is 23.1 Å². The second-order valence-corrected chi connectivity index (χ2v) is 6.83. The first kappa shape index (κ1) is 14.4. The topological polar surface area (TPSA) is 26.7 Å². The van der Waals surface area contributed by atoms with E-state index >= 15 is 0 Å². The van der Waals surface area contributed by atoms with E-state index in [2.05, 4.69) is 31.8 Å². The van der Waals surface area contributed by atoms with Crippen LogP contribution >= 0.6 is 15.9 Å². The SMILES string of the molecule is OCc1ccc(Br)cc1N1CCC(N2CCCCC2)C1. The van der Waals surface area contributed by atoms with Gasteiger partial charge in [0, 0.05) is 34.9 Å². The Balaban J connectivity index is 1.71. The molecule has 2 saturated heterocycles. The zero-order valence-corrected chi connectivity index (χ0v) is 13.5. The number of hydrogen-bond donors (Lipinski definition) is 1. The maximum Gasteiger partial charge on any atom is 0.0702 e. The summed E-state index contributed by atoms with van der Waals surface area (Å²) in [5.41, 5.74) is 2.23. The molecule has 4 heteroatoms. The summed E-state index contributed by atoms with van der Waals surface area (Å²) in [6.45, 7) is 4.86. The smallest absolute Gasteiger partial charge is 0.0702 e. The molecule has 110 valence electrons. The van der Waals surface area contributed by atoms with Gasteiger partial charge in [-0.25, -0.2) is 0 Å². The number of benzene rings is 1. The molecule has 2 aliphatic rings. The molecule has 20 heavy (non-hydrogen) atoms. The van der Waals surface area contributed by atoms with Gasteiger partial charge in [-0.3, -0.25) is 4.90 Å². The van der Waals surface area contributed by atoms with Crippen molar-refractivity contribution in [2.75, 3.05) is 31.1 Å². The maximum atomic E-state index is 9.53. The predicted molar refractivity (Wildman–Crippen MR) is 86.1 cm³/mol. The number of aliphatic hydroxyl groups excluding tert-OH is 1. The highest BCUT2D eigenvalue weighted by Gasteiger charge is 2.29. The molecule has 0 radical (unpaired) electrons. The Hall–Kier alpha value is -0.580. The number of piperidine rings is 1. The summed E-state index contributed by atoms with van der Waals surface area (Å²) in [5.74, 6) is 0. The van der Waals surface area contributed by atoms with Crippen LogP contribution < -0.4 is 4.90 Å². The Kier molecular flexibility index (Phi) is 4.64. The Labute approximate surface area is 129 Å².